The minimum absolute atomic E-state index is 0.195. The Labute approximate surface area is 175 Å². The summed E-state index contributed by atoms with van der Waals surface area (Å²) in [4.78, 5) is 27.0. The van der Waals surface area contributed by atoms with E-state index in [9.17, 15) is 14.0 Å². The zero-order valence-corrected chi connectivity index (χ0v) is 17.1. The van der Waals surface area contributed by atoms with Crippen molar-refractivity contribution in [3.63, 3.8) is 0 Å². The van der Waals surface area contributed by atoms with E-state index in [1.165, 1.54) is 19.2 Å². The Morgan fingerprint density at radius 3 is 2.50 bits per heavy atom. The number of morpholine rings is 1. The number of carbonyl (C=O) groups is 2. The second kappa shape index (κ2) is 10.2. The molecule has 1 heterocycles. The van der Waals surface area contributed by atoms with E-state index in [0.717, 1.165) is 11.1 Å². The molecule has 0 bridgehead atoms. The van der Waals surface area contributed by atoms with Crippen molar-refractivity contribution in [2.75, 3.05) is 45.3 Å². The van der Waals surface area contributed by atoms with E-state index in [0.29, 0.717) is 37.7 Å². The second-order valence-electron chi connectivity index (χ2n) is 7.08. The highest BCUT2D eigenvalue weighted by atomic mass is 19.1. The molecule has 7 nitrogen and oxygen atoms in total. The van der Waals surface area contributed by atoms with Gasteiger partial charge in [0.05, 0.1) is 32.1 Å². The molecule has 8 heteroatoms. The van der Waals surface area contributed by atoms with Crippen molar-refractivity contribution in [1.29, 1.82) is 0 Å². The number of aryl methyl sites for hydroxylation is 1. The van der Waals surface area contributed by atoms with E-state index >= 15 is 0 Å². The van der Waals surface area contributed by atoms with Crippen LogP contribution < -0.4 is 15.4 Å². The number of nitrogens with one attached hydrogen (secondary N) is 2. The molecule has 2 aromatic rings. The van der Waals surface area contributed by atoms with Crippen LogP contribution in [0.4, 0.5) is 10.1 Å². The van der Waals surface area contributed by atoms with Crippen LogP contribution in [0.2, 0.25) is 0 Å². The zero-order valence-electron chi connectivity index (χ0n) is 17.1. The van der Waals surface area contributed by atoms with Gasteiger partial charge >= 0.3 is 11.8 Å². The molecule has 2 aromatic carbocycles. The number of anilines is 1. The molecular weight excluding hydrogens is 389 g/mol. The maximum absolute atomic E-state index is 13.3. The summed E-state index contributed by atoms with van der Waals surface area (Å²) in [6, 6.07) is 11.3. The van der Waals surface area contributed by atoms with Crippen LogP contribution in [0.3, 0.4) is 0 Å². The van der Waals surface area contributed by atoms with Crippen LogP contribution in [0.15, 0.2) is 42.5 Å². The molecule has 0 aliphatic carbocycles. The Morgan fingerprint density at radius 2 is 1.83 bits per heavy atom. The van der Waals surface area contributed by atoms with E-state index in [1.54, 1.807) is 24.3 Å². The van der Waals surface area contributed by atoms with E-state index in [1.807, 2.05) is 13.0 Å². The molecule has 1 aliphatic rings. The largest absolute Gasteiger partial charge is 0.495 e. The van der Waals surface area contributed by atoms with Gasteiger partial charge < -0.3 is 20.1 Å². The molecule has 0 radical (unpaired) electrons. The van der Waals surface area contributed by atoms with Gasteiger partial charge in [-0.3, -0.25) is 14.5 Å². The normalized spacial score (nSPS) is 15.3. The predicted octanol–water partition coefficient (Wildman–Crippen LogP) is 2.27. The third kappa shape index (κ3) is 5.55. The quantitative estimate of drug-likeness (QED) is 0.708. The molecule has 30 heavy (non-hydrogen) atoms. The van der Waals surface area contributed by atoms with Gasteiger partial charge in [0, 0.05) is 19.6 Å². The molecule has 0 spiro atoms. The Morgan fingerprint density at radius 1 is 1.13 bits per heavy atom. The summed E-state index contributed by atoms with van der Waals surface area (Å²) in [5.74, 6) is -1.38. The van der Waals surface area contributed by atoms with Gasteiger partial charge in [-0.1, -0.05) is 18.2 Å². The van der Waals surface area contributed by atoms with Gasteiger partial charge in [0.25, 0.3) is 0 Å². The summed E-state index contributed by atoms with van der Waals surface area (Å²) in [6.45, 7) is 4.63. The summed E-state index contributed by atoms with van der Waals surface area (Å²) >= 11 is 0. The fourth-order valence-corrected chi connectivity index (χ4v) is 3.40. The molecule has 1 saturated heterocycles. The lowest BCUT2D eigenvalue weighted by molar-refractivity contribution is -0.136. The van der Waals surface area contributed by atoms with Crippen LogP contribution in [-0.2, 0) is 14.3 Å². The number of nitrogens with zero attached hydrogens (tertiary/aromatic N) is 1. The van der Waals surface area contributed by atoms with Crippen LogP contribution in [0.1, 0.15) is 17.2 Å². The minimum Gasteiger partial charge on any atom is -0.495 e. The van der Waals surface area contributed by atoms with Crippen molar-refractivity contribution in [1.82, 2.24) is 10.2 Å². The monoisotopic (exact) mass is 415 g/mol. The van der Waals surface area contributed by atoms with Crippen LogP contribution >= 0.6 is 0 Å². The Hall–Kier alpha value is -2.97. The summed E-state index contributed by atoms with van der Waals surface area (Å²) in [6.07, 6.45) is 0. The van der Waals surface area contributed by atoms with Crippen molar-refractivity contribution < 1.29 is 23.5 Å². The van der Waals surface area contributed by atoms with Crippen molar-refractivity contribution in [3.8, 4) is 5.75 Å². The fraction of sp³-hybridized carbons (Fsp3) is 0.364. The van der Waals surface area contributed by atoms with Crippen LogP contribution in [0, 0.1) is 12.7 Å². The summed E-state index contributed by atoms with van der Waals surface area (Å²) in [5, 5.41) is 5.29. The van der Waals surface area contributed by atoms with Gasteiger partial charge in [-0.05, 0) is 42.3 Å². The molecule has 2 N–H and O–H groups in total. The molecule has 0 aromatic heterocycles. The third-order valence-electron chi connectivity index (χ3n) is 5.01. The van der Waals surface area contributed by atoms with E-state index in [-0.39, 0.29) is 18.4 Å². The van der Waals surface area contributed by atoms with Gasteiger partial charge in [-0.15, -0.1) is 0 Å². The van der Waals surface area contributed by atoms with Gasteiger partial charge in [-0.2, -0.15) is 0 Å². The first-order valence-corrected chi connectivity index (χ1v) is 9.79. The van der Waals surface area contributed by atoms with Crippen LogP contribution in [-0.4, -0.2) is 56.7 Å². The maximum Gasteiger partial charge on any atom is 0.313 e. The number of ether oxygens (including phenoxy) is 2. The standard InChI is InChI=1S/C22H26FN3O4/c1-15-3-8-20(29-2)18(13-15)25-22(28)21(27)24-14-19(26-9-11-30-12-10-26)16-4-6-17(23)7-5-16/h3-8,13,19H,9-12,14H2,1-2H3,(H,24,27)(H,25,28). The van der Waals surface area contributed by atoms with Crippen molar-refractivity contribution in [2.45, 2.75) is 13.0 Å². The van der Waals surface area contributed by atoms with E-state index < -0.39 is 11.8 Å². The first kappa shape index (κ1) is 21.7. The highest BCUT2D eigenvalue weighted by molar-refractivity contribution is 6.39. The smallest absolute Gasteiger partial charge is 0.313 e. The first-order chi connectivity index (χ1) is 14.5. The third-order valence-corrected chi connectivity index (χ3v) is 5.01. The number of carbonyl (C=O) groups excluding carboxylic acids is 2. The number of benzene rings is 2. The Balaban J connectivity index is 1.67. The van der Waals surface area contributed by atoms with Crippen LogP contribution in [0.5, 0.6) is 5.75 Å². The average Bonchev–Trinajstić information content (AvgIpc) is 2.76. The van der Waals surface area contributed by atoms with Crippen molar-refractivity contribution in [3.05, 3.63) is 59.4 Å². The molecule has 1 aliphatic heterocycles. The number of halogens is 1. The highest BCUT2D eigenvalue weighted by Crippen LogP contribution is 2.25. The summed E-state index contributed by atoms with van der Waals surface area (Å²) in [5.41, 5.74) is 2.22. The molecular formula is C22H26FN3O4. The lowest BCUT2D eigenvalue weighted by atomic mass is 10.0. The molecule has 160 valence electrons. The minimum atomic E-state index is -0.779. The Kier molecular flexibility index (Phi) is 7.37. The Bertz CT molecular complexity index is 882. The summed E-state index contributed by atoms with van der Waals surface area (Å²) < 4.78 is 24.0. The SMILES string of the molecule is COc1ccc(C)cc1NC(=O)C(=O)NCC(c1ccc(F)cc1)N1CCOCC1. The number of amides is 2. The molecule has 2 amide bonds. The van der Waals surface area contributed by atoms with Gasteiger partial charge in [0.1, 0.15) is 11.6 Å². The topological polar surface area (TPSA) is 79.9 Å². The lowest BCUT2D eigenvalue weighted by Gasteiger charge is -2.34. The lowest BCUT2D eigenvalue weighted by Crippen LogP contribution is -2.45. The van der Waals surface area contributed by atoms with Gasteiger partial charge in [0.2, 0.25) is 0 Å². The highest BCUT2D eigenvalue weighted by Gasteiger charge is 2.25. The number of hydrogen-bond donors (Lipinski definition) is 2. The van der Waals surface area contributed by atoms with Crippen molar-refractivity contribution in [2.24, 2.45) is 0 Å². The zero-order chi connectivity index (χ0) is 21.5. The first-order valence-electron chi connectivity index (χ1n) is 9.79. The average molecular weight is 415 g/mol. The fourth-order valence-electron chi connectivity index (χ4n) is 3.40. The van der Waals surface area contributed by atoms with E-state index in [2.05, 4.69) is 15.5 Å². The van der Waals surface area contributed by atoms with Crippen LogP contribution in [0.25, 0.3) is 0 Å². The number of methoxy groups -OCH3 is 1. The summed E-state index contributed by atoms with van der Waals surface area (Å²) in [7, 11) is 1.50. The molecule has 1 fully saturated rings. The predicted molar refractivity (Wildman–Crippen MR) is 111 cm³/mol. The maximum atomic E-state index is 13.3. The number of rotatable bonds is 6. The number of hydrogen-bond acceptors (Lipinski definition) is 5. The molecule has 3 rings (SSSR count). The van der Waals surface area contributed by atoms with Gasteiger partial charge in [0.15, 0.2) is 0 Å². The molecule has 1 unspecified atom stereocenters. The second-order valence-corrected chi connectivity index (χ2v) is 7.08. The van der Waals surface area contributed by atoms with Crippen molar-refractivity contribution >= 4 is 17.5 Å². The molecule has 1 atom stereocenters. The van der Waals surface area contributed by atoms with E-state index in [4.69, 9.17) is 9.47 Å². The molecule has 0 saturated carbocycles. The van der Waals surface area contributed by atoms with Gasteiger partial charge in [-0.25, -0.2) is 4.39 Å².